The number of anilines is 1. The molecule has 1 aromatic heterocycles. The maximum Gasteiger partial charge on any atom is 0.251 e. The maximum absolute atomic E-state index is 12.3. The molecule has 3 aromatic rings. The Kier molecular flexibility index (Phi) is 6.55. The van der Waals surface area contributed by atoms with Gasteiger partial charge in [0.05, 0.1) is 11.4 Å². The van der Waals surface area contributed by atoms with Gasteiger partial charge < -0.3 is 5.32 Å². The molecule has 30 heavy (non-hydrogen) atoms. The molecule has 0 aliphatic rings. The van der Waals surface area contributed by atoms with Crippen LogP contribution in [0.1, 0.15) is 10.4 Å². The van der Waals surface area contributed by atoms with Crippen LogP contribution in [0.25, 0.3) is 10.6 Å². The van der Waals surface area contributed by atoms with Crippen LogP contribution in [0.3, 0.4) is 0 Å². The van der Waals surface area contributed by atoms with Gasteiger partial charge in [0.1, 0.15) is 5.01 Å². The average Bonchev–Trinajstić information content (AvgIpc) is 3.21. The van der Waals surface area contributed by atoms with Gasteiger partial charge in [0, 0.05) is 25.2 Å². The summed E-state index contributed by atoms with van der Waals surface area (Å²) in [6.07, 6.45) is 0. The molecule has 2 aromatic carbocycles. The standard InChI is InChI=1S/C19H19N5O4S2/c1-24(2)30(27,28)15-10-6-9-14(11-15)17(26)20-12-16(25)21-19-23-22-18(29-19)13-7-4-3-5-8-13/h3-11H,12H2,1-2H3,(H,20,26)(H,21,23,25). The van der Waals surface area contributed by atoms with Crippen molar-refractivity contribution in [3.05, 3.63) is 60.2 Å². The molecule has 9 nitrogen and oxygen atoms in total. The van der Waals surface area contributed by atoms with Crippen LogP contribution in [0.2, 0.25) is 0 Å². The number of benzene rings is 2. The topological polar surface area (TPSA) is 121 Å². The number of rotatable bonds is 7. The number of carbonyl (C=O) groups excluding carboxylic acids is 2. The molecule has 0 saturated carbocycles. The molecule has 0 unspecified atom stereocenters. The number of aromatic nitrogens is 2. The SMILES string of the molecule is CN(C)S(=O)(=O)c1cccc(C(=O)NCC(=O)Nc2nnc(-c3ccccc3)s2)c1. The number of carbonyl (C=O) groups is 2. The second-order valence-corrected chi connectivity index (χ2v) is 9.45. The van der Waals surface area contributed by atoms with Gasteiger partial charge in [0.15, 0.2) is 0 Å². The highest BCUT2D eigenvalue weighted by Gasteiger charge is 2.19. The smallest absolute Gasteiger partial charge is 0.251 e. The van der Waals surface area contributed by atoms with Crippen molar-refractivity contribution in [2.75, 3.05) is 26.0 Å². The third kappa shape index (κ3) is 5.06. The monoisotopic (exact) mass is 445 g/mol. The second kappa shape index (κ2) is 9.11. The zero-order chi connectivity index (χ0) is 21.7. The fourth-order valence-electron chi connectivity index (χ4n) is 2.41. The summed E-state index contributed by atoms with van der Waals surface area (Å²) in [6, 6.07) is 15.0. The first-order valence-electron chi connectivity index (χ1n) is 8.77. The number of hydrogen-bond acceptors (Lipinski definition) is 7. The van der Waals surface area contributed by atoms with Crippen LogP contribution in [-0.4, -0.2) is 55.4 Å². The third-order valence-electron chi connectivity index (χ3n) is 3.98. The Morgan fingerprint density at radius 3 is 2.47 bits per heavy atom. The Balaban J connectivity index is 1.59. The van der Waals surface area contributed by atoms with Crippen molar-refractivity contribution >= 4 is 38.3 Å². The molecule has 2 N–H and O–H groups in total. The van der Waals surface area contributed by atoms with Crippen LogP contribution in [0.5, 0.6) is 0 Å². The van der Waals surface area contributed by atoms with Crippen molar-refractivity contribution < 1.29 is 18.0 Å². The Morgan fingerprint density at radius 1 is 1.03 bits per heavy atom. The molecule has 0 atom stereocenters. The van der Waals surface area contributed by atoms with Gasteiger partial charge in [-0.1, -0.05) is 47.7 Å². The zero-order valence-electron chi connectivity index (χ0n) is 16.2. The van der Waals surface area contributed by atoms with E-state index in [1.54, 1.807) is 0 Å². The van der Waals surface area contributed by atoms with Crippen LogP contribution in [-0.2, 0) is 14.8 Å². The van der Waals surface area contributed by atoms with Crippen LogP contribution >= 0.6 is 11.3 Å². The van der Waals surface area contributed by atoms with Crippen LogP contribution in [0.15, 0.2) is 59.5 Å². The number of nitrogens with zero attached hydrogens (tertiary/aromatic N) is 3. The molecule has 0 aliphatic heterocycles. The van der Waals surface area contributed by atoms with Gasteiger partial charge >= 0.3 is 0 Å². The number of amides is 2. The van der Waals surface area contributed by atoms with Gasteiger partial charge in [0.25, 0.3) is 5.91 Å². The molecule has 2 amide bonds. The van der Waals surface area contributed by atoms with E-state index in [2.05, 4.69) is 20.8 Å². The van der Waals surface area contributed by atoms with Crippen molar-refractivity contribution in [3.8, 4) is 10.6 Å². The largest absolute Gasteiger partial charge is 0.343 e. The second-order valence-electron chi connectivity index (χ2n) is 6.32. The van der Waals surface area contributed by atoms with Gasteiger partial charge in [-0.2, -0.15) is 0 Å². The van der Waals surface area contributed by atoms with Crippen molar-refractivity contribution in [2.45, 2.75) is 4.90 Å². The van der Waals surface area contributed by atoms with Crippen molar-refractivity contribution in [1.82, 2.24) is 19.8 Å². The van der Waals surface area contributed by atoms with E-state index in [0.717, 1.165) is 9.87 Å². The number of sulfonamides is 1. The molecule has 0 radical (unpaired) electrons. The predicted molar refractivity (Wildman–Crippen MR) is 114 cm³/mol. The Morgan fingerprint density at radius 2 is 1.77 bits per heavy atom. The van der Waals surface area contributed by atoms with Crippen molar-refractivity contribution in [2.24, 2.45) is 0 Å². The Bertz CT molecular complexity index is 1160. The summed E-state index contributed by atoms with van der Waals surface area (Å²) < 4.78 is 25.5. The lowest BCUT2D eigenvalue weighted by atomic mass is 10.2. The lowest BCUT2D eigenvalue weighted by molar-refractivity contribution is -0.115. The maximum atomic E-state index is 12.3. The van der Waals surface area contributed by atoms with Crippen LogP contribution in [0, 0.1) is 0 Å². The van der Waals surface area contributed by atoms with Gasteiger partial charge in [-0.3, -0.25) is 14.9 Å². The van der Waals surface area contributed by atoms with E-state index in [1.807, 2.05) is 30.3 Å². The molecule has 156 valence electrons. The van der Waals surface area contributed by atoms with Gasteiger partial charge in [0.2, 0.25) is 21.1 Å². The first kappa shape index (κ1) is 21.6. The molecule has 0 spiro atoms. The average molecular weight is 446 g/mol. The van der Waals surface area contributed by atoms with E-state index in [-0.39, 0.29) is 17.0 Å². The summed E-state index contributed by atoms with van der Waals surface area (Å²) in [7, 11) is -0.854. The highest BCUT2D eigenvalue weighted by atomic mass is 32.2. The molecule has 0 fully saturated rings. The van der Waals surface area contributed by atoms with Crippen LogP contribution < -0.4 is 10.6 Å². The minimum atomic E-state index is -3.67. The van der Waals surface area contributed by atoms with E-state index in [4.69, 9.17) is 0 Å². The Labute approximate surface area is 177 Å². The molecule has 3 rings (SSSR count). The lowest BCUT2D eigenvalue weighted by Crippen LogP contribution is -2.33. The van der Waals surface area contributed by atoms with Gasteiger partial charge in [-0.05, 0) is 18.2 Å². The minimum absolute atomic E-state index is 0.00750. The molecular formula is C19H19N5O4S2. The normalized spacial score (nSPS) is 11.3. The van der Waals surface area contributed by atoms with Gasteiger partial charge in [-0.15, -0.1) is 10.2 Å². The van der Waals surface area contributed by atoms with E-state index in [0.29, 0.717) is 10.1 Å². The molecule has 0 saturated heterocycles. The minimum Gasteiger partial charge on any atom is -0.343 e. The highest BCUT2D eigenvalue weighted by molar-refractivity contribution is 7.89. The number of nitrogens with one attached hydrogen (secondary N) is 2. The van der Waals surface area contributed by atoms with E-state index in [9.17, 15) is 18.0 Å². The van der Waals surface area contributed by atoms with E-state index < -0.39 is 21.8 Å². The quantitative estimate of drug-likeness (QED) is 0.572. The summed E-state index contributed by atoms with van der Waals surface area (Å²) in [4.78, 5) is 24.4. The summed E-state index contributed by atoms with van der Waals surface area (Å²) in [5.74, 6) is -1.04. The summed E-state index contributed by atoms with van der Waals surface area (Å²) in [6.45, 7) is -0.302. The third-order valence-corrected chi connectivity index (χ3v) is 6.68. The molecule has 0 bridgehead atoms. The molecule has 1 heterocycles. The predicted octanol–water partition coefficient (Wildman–Crippen LogP) is 1.82. The summed E-state index contributed by atoms with van der Waals surface area (Å²) in [5, 5.41) is 14.0. The number of hydrogen-bond donors (Lipinski definition) is 2. The summed E-state index contributed by atoms with van der Waals surface area (Å²) >= 11 is 1.21. The summed E-state index contributed by atoms with van der Waals surface area (Å²) in [5.41, 5.74) is 1.02. The highest BCUT2D eigenvalue weighted by Crippen LogP contribution is 2.25. The fourth-order valence-corrected chi connectivity index (χ4v) is 4.12. The van der Waals surface area contributed by atoms with E-state index in [1.165, 1.54) is 49.7 Å². The first-order valence-corrected chi connectivity index (χ1v) is 11.0. The van der Waals surface area contributed by atoms with Gasteiger partial charge in [-0.25, -0.2) is 12.7 Å². The van der Waals surface area contributed by atoms with E-state index >= 15 is 0 Å². The fraction of sp³-hybridized carbons (Fsp3) is 0.158. The lowest BCUT2D eigenvalue weighted by Gasteiger charge is -2.12. The molecule has 11 heteroatoms. The van der Waals surface area contributed by atoms with Crippen LogP contribution in [0.4, 0.5) is 5.13 Å². The van der Waals surface area contributed by atoms with Crippen molar-refractivity contribution in [1.29, 1.82) is 0 Å². The van der Waals surface area contributed by atoms with Crippen molar-refractivity contribution in [3.63, 3.8) is 0 Å². The molecule has 0 aliphatic carbocycles. The Hall–Kier alpha value is -3.15. The molecular weight excluding hydrogens is 426 g/mol. The first-order chi connectivity index (χ1) is 14.3. The zero-order valence-corrected chi connectivity index (χ0v) is 17.8.